The second kappa shape index (κ2) is 9.45. The van der Waals surface area contributed by atoms with E-state index in [1.807, 2.05) is 24.3 Å². The van der Waals surface area contributed by atoms with Crippen LogP contribution in [-0.4, -0.2) is 39.8 Å². The Hall–Kier alpha value is -3.48. The molecule has 0 saturated heterocycles. The Kier molecular flexibility index (Phi) is 6.51. The number of hydrogen-bond acceptors (Lipinski definition) is 5. The van der Waals surface area contributed by atoms with E-state index >= 15 is 0 Å². The predicted molar refractivity (Wildman–Crippen MR) is 104 cm³/mol. The molecule has 1 aromatic carbocycles. The highest BCUT2D eigenvalue weighted by molar-refractivity contribution is 5.92. The van der Waals surface area contributed by atoms with Gasteiger partial charge in [-0.2, -0.15) is 5.10 Å². The second-order valence-corrected chi connectivity index (χ2v) is 6.26. The molecule has 7 heteroatoms. The molecule has 0 aliphatic rings. The molecule has 0 aliphatic carbocycles. The molecule has 2 heterocycles. The lowest BCUT2D eigenvalue weighted by atomic mass is 10.1. The van der Waals surface area contributed by atoms with Crippen molar-refractivity contribution in [2.45, 2.75) is 19.8 Å². The third kappa shape index (κ3) is 5.03. The summed E-state index contributed by atoms with van der Waals surface area (Å²) in [5.41, 5.74) is 2.14. The van der Waals surface area contributed by atoms with Crippen LogP contribution in [0.4, 0.5) is 0 Å². The summed E-state index contributed by atoms with van der Waals surface area (Å²) in [6, 6.07) is 15.5. The van der Waals surface area contributed by atoms with Crippen LogP contribution in [0.2, 0.25) is 0 Å². The fraction of sp³-hybridized carbons (Fsp3) is 0.238. The molecule has 0 radical (unpaired) electrons. The average Bonchev–Trinajstić information content (AvgIpc) is 3.12. The number of hydrogen-bond donors (Lipinski definition) is 1. The van der Waals surface area contributed by atoms with Gasteiger partial charge in [-0.3, -0.25) is 4.79 Å². The topological polar surface area (TPSA) is 86.1 Å². The molecule has 0 bridgehead atoms. The van der Waals surface area contributed by atoms with E-state index in [9.17, 15) is 9.59 Å². The minimum Gasteiger partial charge on any atom is -0.452 e. The number of carbonyl (C=O) groups excluding carboxylic acids is 2. The van der Waals surface area contributed by atoms with Gasteiger partial charge in [0.15, 0.2) is 12.4 Å². The second-order valence-electron chi connectivity index (χ2n) is 6.26. The zero-order chi connectivity index (χ0) is 19.8. The van der Waals surface area contributed by atoms with Crippen LogP contribution >= 0.6 is 0 Å². The van der Waals surface area contributed by atoms with Crippen molar-refractivity contribution >= 4 is 11.9 Å². The van der Waals surface area contributed by atoms with Gasteiger partial charge in [-0.1, -0.05) is 36.4 Å². The van der Waals surface area contributed by atoms with Gasteiger partial charge in [0.05, 0.1) is 11.9 Å². The lowest BCUT2D eigenvalue weighted by Gasteiger charge is -2.07. The fourth-order valence-corrected chi connectivity index (χ4v) is 2.74. The first kappa shape index (κ1) is 19.3. The lowest BCUT2D eigenvalue weighted by molar-refractivity contribution is -0.124. The molecular weight excluding hydrogens is 356 g/mol. The highest BCUT2D eigenvalue weighted by Gasteiger charge is 2.18. The zero-order valence-corrected chi connectivity index (χ0v) is 15.7. The number of aryl methyl sites for hydroxylation is 1. The summed E-state index contributed by atoms with van der Waals surface area (Å²) in [7, 11) is 0. The van der Waals surface area contributed by atoms with Crippen LogP contribution in [0.25, 0.3) is 5.82 Å². The van der Waals surface area contributed by atoms with Crippen molar-refractivity contribution in [2.75, 3.05) is 13.2 Å². The Balaban J connectivity index is 1.44. The monoisotopic (exact) mass is 378 g/mol. The third-order valence-corrected chi connectivity index (χ3v) is 4.24. The average molecular weight is 378 g/mol. The van der Waals surface area contributed by atoms with Crippen molar-refractivity contribution in [3.63, 3.8) is 0 Å². The SMILES string of the molecule is Cc1c(C(=O)OCC(=O)NCCCc2ccccc2)cnn1-c1ccccn1. The zero-order valence-electron chi connectivity index (χ0n) is 15.7. The summed E-state index contributed by atoms with van der Waals surface area (Å²) < 4.78 is 6.67. The molecule has 144 valence electrons. The van der Waals surface area contributed by atoms with E-state index in [4.69, 9.17) is 4.74 Å². The summed E-state index contributed by atoms with van der Waals surface area (Å²) in [4.78, 5) is 28.3. The predicted octanol–water partition coefficient (Wildman–Crippen LogP) is 2.48. The van der Waals surface area contributed by atoms with Crippen molar-refractivity contribution in [2.24, 2.45) is 0 Å². The van der Waals surface area contributed by atoms with E-state index in [-0.39, 0.29) is 12.5 Å². The fourth-order valence-electron chi connectivity index (χ4n) is 2.74. The maximum atomic E-state index is 12.3. The van der Waals surface area contributed by atoms with Gasteiger partial charge in [0.1, 0.15) is 5.56 Å². The van der Waals surface area contributed by atoms with E-state index < -0.39 is 5.97 Å². The first-order valence-corrected chi connectivity index (χ1v) is 9.09. The standard InChI is InChI=1S/C21H22N4O3/c1-16-18(14-24-25(16)19-11-5-6-12-22-19)21(27)28-15-20(26)23-13-7-10-17-8-3-2-4-9-17/h2-6,8-9,11-12,14H,7,10,13,15H2,1H3,(H,23,26). The van der Waals surface area contributed by atoms with Crippen LogP contribution in [0.15, 0.2) is 60.9 Å². The number of amides is 1. The number of pyridine rings is 1. The van der Waals surface area contributed by atoms with Crippen LogP contribution in [0.1, 0.15) is 28.0 Å². The molecule has 7 nitrogen and oxygen atoms in total. The Morgan fingerprint density at radius 2 is 1.89 bits per heavy atom. The molecule has 2 aromatic heterocycles. The Morgan fingerprint density at radius 1 is 1.11 bits per heavy atom. The maximum Gasteiger partial charge on any atom is 0.342 e. The van der Waals surface area contributed by atoms with Crippen molar-refractivity contribution in [1.29, 1.82) is 0 Å². The molecule has 3 aromatic rings. The van der Waals surface area contributed by atoms with Crippen LogP contribution in [-0.2, 0) is 16.0 Å². The summed E-state index contributed by atoms with van der Waals surface area (Å²) in [5, 5.41) is 6.93. The molecule has 0 unspecified atom stereocenters. The first-order chi connectivity index (χ1) is 13.6. The highest BCUT2D eigenvalue weighted by Crippen LogP contribution is 2.13. The van der Waals surface area contributed by atoms with E-state index in [1.54, 1.807) is 29.9 Å². The molecule has 28 heavy (non-hydrogen) atoms. The minimum atomic E-state index is -0.584. The van der Waals surface area contributed by atoms with E-state index in [2.05, 4.69) is 27.5 Å². The number of nitrogens with zero attached hydrogens (tertiary/aromatic N) is 3. The Labute approximate surface area is 163 Å². The summed E-state index contributed by atoms with van der Waals surface area (Å²) in [6.07, 6.45) is 4.77. The lowest BCUT2D eigenvalue weighted by Crippen LogP contribution is -2.29. The number of ether oxygens (including phenoxy) is 1. The van der Waals surface area contributed by atoms with E-state index in [0.29, 0.717) is 23.6 Å². The number of esters is 1. The number of carbonyl (C=O) groups is 2. The number of rotatable bonds is 8. The van der Waals surface area contributed by atoms with Gasteiger partial charge in [-0.05, 0) is 37.5 Å². The van der Waals surface area contributed by atoms with Crippen LogP contribution in [0.3, 0.4) is 0 Å². The molecular formula is C21H22N4O3. The van der Waals surface area contributed by atoms with Gasteiger partial charge in [0.25, 0.3) is 5.91 Å². The molecule has 0 saturated carbocycles. The molecule has 0 aliphatic heterocycles. The molecule has 3 rings (SSSR count). The van der Waals surface area contributed by atoms with E-state index in [1.165, 1.54) is 11.8 Å². The third-order valence-electron chi connectivity index (χ3n) is 4.24. The maximum absolute atomic E-state index is 12.3. The normalized spacial score (nSPS) is 10.5. The summed E-state index contributed by atoms with van der Waals surface area (Å²) in [5.74, 6) is -0.300. The number of benzene rings is 1. The van der Waals surface area contributed by atoms with Crippen molar-refractivity contribution < 1.29 is 14.3 Å². The van der Waals surface area contributed by atoms with E-state index in [0.717, 1.165) is 12.8 Å². The summed E-state index contributed by atoms with van der Waals surface area (Å²) >= 11 is 0. The van der Waals surface area contributed by atoms with Crippen molar-refractivity contribution in [1.82, 2.24) is 20.1 Å². The quantitative estimate of drug-likeness (QED) is 0.481. The highest BCUT2D eigenvalue weighted by atomic mass is 16.5. The van der Waals surface area contributed by atoms with Crippen LogP contribution in [0, 0.1) is 6.92 Å². The van der Waals surface area contributed by atoms with Gasteiger partial charge < -0.3 is 10.1 Å². The minimum absolute atomic E-state index is 0.308. The molecule has 1 N–H and O–H groups in total. The van der Waals surface area contributed by atoms with Crippen LogP contribution < -0.4 is 5.32 Å². The molecule has 0 spiro atoms. The van der Waals surface area contributed by atoms with Gasteiger partial charge >= 0.3 is 5.97 Å². The van der Waals surface area contributed by atoms with Crippen molar-refractivity contribution in [3.05, 3.63) is 77.7 Å². The molecule has 1 amide bonds. The van der Waals surface area contributed by atoms with Crippen LogP contribution in [0.5, 0.6) is 0 Å². The van der Waals surface area contributed by atoms with Gasteiger partial charge in [0.2, 0.25) is 0 Å². The smallest absolute Gasteiger partial charge is 0.342 e. The summed E-state index contributed by atoms with van der Waals surface area (Å²) in [6.45, 7) is 1.96. The molecule has 0 atom stereocenters. The largest absolute Gasteiger partial charge is 0.452 e. The van der Waals surface area contributed by atoms with Crippen molar-refractivity contribution in [3.8, 4) is 5.82 Å². The van der Waals surface area contributed by atoms with Gasteiger partial charge in [-0.25, -0.2) is 14.5 Å². The van der Waals surface area contributed by atoms with Gasteiger partial charge in [-0.15, -0.1) is 0 Å². The Morgan fingerprint density at radius 3 is 2.64 bits per heavy atom. The Bertz CT molecular complexity index is 923. The number of nitrogens with one attached hydrogen (secondary N) is 1. The van der Waals surface area contributed by atoms with Gasteiger partial charge in [0, 0.05) is 12.7 Å². The number of aromatic nitrogens is 3. The first-order valence-electron chi connectivity index (χ1n) is 9.09. The molecule has 0 fully saturated rings.